The molecule has 1 nitrogen and oxygen atoms in total. The lowest BCUT2D eigenvalue weighted by Crippen LogP contribution is -1.98. The van der Waals surface area contributed by atoms with Crippen LogP contribution in [0.3, 0.4) is 0 Å². The summed E-state index contributed by atoms with van der Waals surface area (Å²) in [7, 11) is 0. The van der Waals surface area contributed by atoms with Gasteiger partial charge in [-0.1, -0.05) is 54.6 Å². The van der Waals surface area contributed by atoms with Crippen LogP contribution in [0.25, 0.3) is 6.08 Å². The zero-order valence-corrected chi connectivity index (χ0v) is 7.39. The molecule has 0 N–H and O–H groups in total. The van der Waals surface area contributed by atoms with Gasteiger partial charge in [0.1, 0.15) is 0 Å². The third-order valence-electron chi connectivity index (χ3n) is 1.99. The molecule has 1 heterocycles. The van der Waals surface area contributed by atoms with Gasteiger partial charge in [0.25, 0.3) is 0 Å². The zero-order chi connectivity index (χ0) is 8.93. The van der Waals surface area contributed by atoms with Crippen molar-refractivity contribution in [2.24, 2.45) is 0 Å². The SMILES string of the molecule is C1=C[C@H](/C=C/c2ccccc2)OC1. The smallest absolute Gasteiger partial charge is 0.0945 e. The van der Waals surface area contributed by atoms with E-state index in [1.54, 1.807) is 0 Å². The van der Waals surface area contributed by atoms with Crippen LogP contribution in [-0.2, 0) is 4.74 Å². The summed E-state index contributed by atoms with van der Waals surface area (Å²) in [5, 5.41) is 0. The standard InChI is InChI=1S/C12H12O/c1-2-5-11(6-3-1)8-9-12-7-4-10-13-12/h1-9,12H,10H2/b9-8+/t12-/m1/s1. The quantitative estimate of drug-likeness (QED) is 0.623. The van der Waals surface area contributed by atoms with Crippen LogP contribution in [-0.4, -0.2) is 12.7 Å². The van der Waals surface area contributed by atoms with Gasteiger partial charge in [0.15, 0.2) is 0 Å². The monoisotopic (exact) mass is 172 g/mol. The van der Waals surface area contributed by atoms with Crippen LogP contribution in [0.1, 0.15) is 5.56 Å². The van der Waals surface area contributed by atoms with Gasteiger partial charge in [0, 0.05) is 0 Å². The van der Waals surface area contributed by atoms with Crippen molar-refractivity contribution in [3.8, 4) is 0 Å². The van der Waals surface area contributed by atoms with Crippen molar-refractivity contribution in [2.75, 3.05) is 6.61 Å². The second-order valence-corrected chi connectivity index (χ2v) is 3.00. The highest BCUT2D eigenvalue weighted by molar-refractivity contribution is 5.49. The van der Waals surface area contributed by atoms with Gasteiger partial charge >= 0.3 is 0 Å². The van der Waals surface area contributed by atoms with Gasteiger partial charge in [0.05, 0.1) is 12.7 Å². The Morgan fingerprint density at radius 1 is 1.23 bits per heavy atom. The molecule has 0 spiro atoms. The summed E-state index contributed by atoms with van der Waals surface area (Å²) in [5.74, 6) is 0. The molecule has 0 saturated carbocycles. The molecule has 13 heavy (non-hydrogen) atoms. The largest absolute Gasteiger partial charge is 0.366 e. The molecule has 0 radical (unpaired) electrons. The summed E-state index contributed by atoms with van der Waals surface area (Å²) in [4.78, 5) is 0. The van der Waals surface area contributed by atoms with Crippen LogP contribution in [0.15, 0.2) is 48.6 Å². The highest BCUT2D eigenvalue weighted by Crippen LogP contribution is 2.08. The van der Waals surface area contributed by atoms with E-state index in [2.05, 4.69) is 30.4 Å². The highest BCUT2D eigenvalue weighted by atomic mass is 16.5. The molecule has 0 bridgehead atoms. The molecule has 66 valence electrons. The molecule has 0 aromatic heterocycles. The fraction of sp³-hybridized carbons (Fsp3) is 0.167. The van der Waals surface area contributed by atoms with Crippen LogP contribution < -0.4 is 0 Å². The first-order valence-electron chi connectivity index (χ1n) is 4.47. The summed E-state index contributed by atoms with van der Waals surface area (Å²) in [6, 6.07) is 10.2. The molecule has 1 aliphatic rings. The Hall–Kier alpha value is -1.34. The van der Waals surface area contributed by atoms with Gasteiger partial charge in [-0.15, -0.1) is 0 Å². The van der Waals surface area contributed by atoms with Gasteiger partial charge in [0.2, 0.25) is 0 Å². The number of benzene rings is 1. The topological polar surface area (TPSA) is 9.23 Å². The van der Waals surface area contributed by atoms with E-state index in [1.165, 1.54) is 5.56 Å². The molecule has 1 aromatic carbocycles. The second-order valence-electron chi connectivity index (χ2n) is 3.00. The first kappa shape index (κ1) is 8.27. The minimum absolute atomic E-state index is 0.167. The van der Waals surface area contributed by atoms with E-state index in [-0.39, 0.29) is 6.10 Å². The van der Waals surface area contributed by atoms with Crippen molar-refractivity contribution in [3.05, 3.63) is 54.1 Å². The van der Waals surface area contributed by atoms with E-state index in [1.807, 2.05) is 24.3 Å². The zero-order valence-electron chi connectivity index (χ0n) is 7.39. The first-order valence-corrected chi connectivity index (χ1v) is 4.47. The molecule has 1 atom stereocenters. The lowest BCUT2D eigenvalue weighted by molar-refractivity contribution is 0.162. The van der Waals surface area contributed by atoms with Crippen LogP contribution in [0.5, 0.6) is 0 Å². The molecule has 1 aliphatic heterocycles. The summed E-state index contributed by atoms with van der Waals surface area (Å²) < 4.78 is 5.38. The summed E-state index contributed by atoms with van der Waals surface area (Å²) in [6.45, 7) is 0.740. The van der Waals surface area contributed by atoms with Crippen molar-refractivity contribution in [2.45, 2.75) is 6.10 Å². The molecule has 0 saturated heterocycles. The minimum Gasteiger partial charge on any atom is -0.366 e. The second kappa shape index (κ2) is 4.06. The number of hydrogen-bond donors (Lipinski definition) is 0. The predicted octanol–water partition coefficient (Wildman–Crippen LogP) is 2.65. The van der Waals surface area contributed by atoms with E-state index >= 15 is 0 Å². The van der Waals surface area contributed by atoms with Crippen molar-refractivity contribution < 1.29 is 4.74 Å². The van der Waals surface area contributed by atoms with Crippen molar-refractivity contribution in [1.29, 1.82) is 0 Å². The fourth-order valence-corrected chi connectivity index (χ4v) is 1.30. The number of ether oxygens (including phenoxy) is 1. The molecule has 1 heteroatoms. The van der Waals surface area contributed by atoms with Gasteiger partial charge in [-0.25, -0.2) is 0 Å². The molecule has 0 unspecified atom stereocenters. The Balaban J connectivity index is 2.01. The first-order chi connectivity index (χ1) is 6.45. The van der Waals surface area contributed by atoms with Crippen LogP contribution in [0, 0.1) is 0 Å². The van der Waals surface area contributed by atoms with Gasteiger partial charge in [-0.3, -0.25) is 0 Å². The molecule has 0 fully saturated rings. The van der Waals surface area contributed by atoms with Crippen molar-refractivity contribution in [1.82, 2.24) is 0 Å². The van der Waals surface area contributed by atoms with E-state index in [0.29, 0.717) is 0 Å². The average Bonchev–Trinajstić information content (AvgIpc) is 2.69. The molecule has 1 aromatic rings. The Labute approximate surface area is 78.3 Å². The average molecular weight is 172 g/mol. The van der Waals surface area contributed by atoms with Gasteiger partial charge in [-0.05, 0) is 5.56 Å². The Morgan fingerprint density at radius 2 is 2.08 bits per heavy atom. The molecule has 0 aliphatic carbocycles. The third-order valence-corrected chi connectivity index (χ3v) is 1.99. The Bertz CT molecular complexity index is 311. The molecule has 2 rings (SSSR count). The van der Waals surface area contributed by atoms with Crippen LogP contribution in [0.2, 0.25) is 0 Å². The summed E-state index contributed by atoms with van der Waals surface area (Å²) in [5.41, 5.74) is 1.21. The maximum absolute atomic E-state index is 5.38. The normalized spacial score (nSPS) is 21.4. The van der Waals surface area contributed by atoms with Gasteiger partial charge in [-0.2, -0.15) is 0 Å². The number of hydrogen-bond acceptors (Lipinski definition) is 1. The third kappa shape index (κ3) is 2.30. The van der Waals surface area contributed by atoms with Crippen molar-refractivity contribution >= 4 is 6.08 Å². The lowest BCUT2D eigenvalue weighted by atomic mass is 10.2. The van der Waals surface area contributed by atoms with E-state index in [0.717, 1.165) is 6.61 Å². The molecular weight excluding hydrogens is 160 g/mol. The maximum atomic E-state index is 5.38. The molecule has 0 amide bonds. The van der Waals surface area contributed by atoms with Crippen LogP contribution in [0.4, 0.5) is 0 Å². The Kier molecular flexibility index (Phi) is 2.58. The summed E-state index contributed by atoms with van der Waals surface area (Å²) in [6.07, 6.45) is 8.43. The van der Waals surface area contributed by atoms with Crippen LogP contribution >= 0.6 is 0 Å². The lowest BCUT2D eigenvalue weighted by Gasteiger charge is -2.00. The highest BCUT2D eigenvalue weighted by Gasteiger charge is 2.03. The van der Waals surface area contributed by atoms with E-state index in [9.17, 15) is 0 Å². The van der Waals surface area contributed by atoms with Crippen molar-refractivity contribution in [3.63, 3.8) is 0 Å². The fourth-order valence-electron chi connectivity index (χ4n) is 1.30. The Morgan fingerprint density at radius 3 is 2.77 bits per heavy atom. The summed E-state index contributed by atoms with van der Waals surface area (Å²) >= 11 is 0. The molecular formula is C12H12O. The number of rotatable bonds is 2. The van der Waals surface area contributed by atoms with E-state index in [4.69, 9.17) is 4.74 Å². The maximum Gasteiger partial charge on any atom is 0.0945 e. The van der Waals surface area contributed by atoms with Gasteiger partial charge < -0.3 is 4.74 Å². The minimum atomic E-state index is 0.167. The predicted molar refractivity (Wildman–Crippen MR) is 54.4 cm³/mol. The van der Waals surface area contributed by atoms with E-state index < -0.39 is 0 Å².